The van der Waals surface area contributed by atoms with Crippen molar-refractivity contribution in [2.24, 2.45) is 0 Å². The minimum absolute atomic E-state index is 0.113. The summed E-state index contributed by atoms with van der Waals surface area (Å²) in [6, 6.07) is 6.91. The van der Waals surface area contributed by atoms with Crippen LogP contribution in [0.25, 0.3) is 0 Å². The molecule has 0 atom stereocenters. The highest BCUT2D eigenvalue weighted by Gasteiger charge is 2.01. The Hall–Kier alpha value is -2.22. The molecule has 5 heteroatoms. The highest BCUT2D eigenvalue weighted by atomic mass is 16.1. The molecule has 5 nitrogen and oxygen atoms in total. The van der Waals surface area contributed by atoms with Crippen molar-refractivity contribution in [3.63, 3.8) is 0 Å². The fourth-order valence-corrected chi connectivity index (χ4v) is 1.05. The van der Waals surface area contributed by atoms with E-state index in [1.54, 1.807) is 25.2 Å². The lowest BCUT2D eigenvalue weighted by molar-refractivity contribution is -0.118. The lowest BCUT2D eigenvalue weighted by atomic mass is 10.2. The van der Waals surface area contributed by atoms with Crippen molar-refractivity contribution in [3.05, 3.63) is 23.8 Å². The van der Waals surface area contributed by atoms with Crippen molar-refractivity contribution >= 4 is 17.3 Å². The summed E-state index contributed by atoms with van der Waals surface area (Å²) < 4.78 is 0. The van der Waals surface area contributed by atoms with Crippen LogP contribution < -0.4 is 16.4 Å². The average Bonchev–Trinajstić information content (AvgIpc) is 2.26. The van der Waals surface area contributed by atoms with Gasteiger partial charge in [-0.05, 0) is 18.2 Å². The molecular formula is C10H12N4O. The summed E-state index contributed by atoms with van der Waals surface area (Å²) in [6.45, 7) is 0.182. The first-order valence-electron chi connectivity index (χ1n) is 4.41. The van der Waals surface area contributed by atoms with E-state index in [0.717, 1.165) is 5.69 Å². The first-order valence-corrected chi connectivity index (χ1v) is 4.41. The molecule has 1 rings (SSSR count). The summed E-state index contributed by atoms with van der Waals surface area (Å²) in [5, 5.41) is 14.0. The number of nitrogens with zero attached hydrogens (tertiary/aromatic N) is 1. The number of benzene rings is 1. The minimum atomic E-state index is -0.113. The Kier molecular flexibility index (Phi) is 3.52. The second kappa shape index (κ2) is 4.86. The van der Waals surface area contributed by atoms with E-state index < -0.39 is 0 Å². The molecule has 15 heavy (non-hydrogen) atoms. The second-order valence-electron chi connectivity index (χ2n) is 2.94. The number of nitriles is 1. The predicted octanol–water partition coefficient (Wildman–Crippen LogP) is 0.298. The van der Waals surface area contributed by atoms with Gasteiger partial charge in [-0.15, -0.1) is 0 Å². The number of nitrogens with two attached hydrogens (primary N) is 1. The van der Waals surface area contributed by atoms with Gasteiger partial charge in [-0.3, -0.25) is 4.79 Å². The number of nitrogen functional groups attached to an aromatic ring is 1. The standard InChI is InChI=1S/C10H12N4O/c1-13-10(15)6-14-8-3-2-7(5-11)9(12)4-8/h2-4,14H,6,12H2,1H3,(H,13,15). The molecule has 78 valence electrons. The Morgan fingerprint density at radius 2 is 2.33 bits per heavy atom. The molecule has 0 radical (unpaired) electrons. The molecule has 1 amide bonds. The number of amides is 1. The molecule has 0 aliphatic rings. The SMILES string of the molecule is CNC(=O)CNc1ccc(C#N)c(N)c1. The summed E-state index contributed by atoms with van der Waals surface area (Å²) >= 11 is 0. The largest absolute Gasteiger partial charge is 0.398 e. The van der Waals surface area contributed by atoms with Crippen LogP contribution in [0.5, 0.6) is 0 Å². The van der Waals surface area contributed by atoms with Crippen LogP contribution in [0, 0.1) is 11.3 Å². The third-order valence-corrected chi connectivity index (χ3v) is 1.90. The molecule has 0 unspecified atom stereocenters. The van der Waals surface area contributed by atoms with Crippen LogP contribution in [0.3, 0.4) is 0 Å². The topological polar surface area (TPSA) is 90.9 Å². The molecule has 1 aromatic carbocycles. The molecule has 0 bridgehead atoms. The fraction of sp³-hybridized carbons (Fsp3) is 0.200. The van der Waals surface area contributed by atoms with Gasteiger partial charge in [0.15, 0.2) is 0 Å². The monoisotopic (exact) mass is 204 g/mol. The smallest absolute Gasteiger partial charge is 0.239 e. The van der Waals surface area contributed by atoms with Crippen LogP contribution >= 0.6 is 0 Å². The van der Waals surface area contributed by atoms with Gasteiger partial charge in [0.05, 0.1) is 17.8 Å². The lowest BCUT2D eigenvalue weighted by Gasteiger charge is -2.06. The summed E-state index contributed by atoms with van der Waals surface area (Å²) in [7, 11) is 1.57. The van der Waals surface area contributed by atoms with Crippen LogP contribution in [0.15, 0.2) is 18.2 Å². The first kappa shape index (κ1) is 10.9. The van der Waals surface area contributed by atoms with Gasteiger partial charge in [0.1, 0.15) is 6.07 Å². The van der Waals surface area contributed by atoms with E-state index in [2.05, 4.69) is 10.6 Å². The Bertz CT molecular complexity index is 408. The number of rotatable bonds is 3. The van der Waals surface area contributed by atoms with E-state index >= 15 is 0 Å². The molecule has 0 fully saturated rings. The third-order valence-electron chi connectivity index (χ3n) is 1.90. The van der Waals surface area contributed by atoms with Gasteiger partial charge in [0.25, 0.3) is 0 Å². The Labute approximate surface area is 87.9 Å². The maximum atomic E-state index is 10.9. The Balaban J connectivity index is 2.68. The first-order chi connectivity index (χ1) is 7.17. The highest BCUT2D eigenvalue weighted by molar-refractivity contribution is 5.80. The number of hydrogen-bond donors (Lipinski definition) is 3. The van der Waals surface area contributed by atoms with E-state index in [1.165, 1.54) is 0 Å². The maximum Gasteiger partial charge on any atom is 0.239 e. The number of hydrogen-bond acceptors (Lipinski definition) is 4. The normalized spacial score (nSPS) is 9.07. The summed E-state index contributed by atoms with van der Waals surface area (Å²) in [5.74, 6) is -0.113. The number of carbonyl (C=O) groups is 1. The summed E-state index contributed by atoms with van der Waals surface area (Å²) in [6.07, 6.45) is 0. The van der Waals surface area contributed by atoms with Crippen LogP contribution in [0.4, 0.5) is 11.4 Å². The molecule has 0 aromatic heterocycles. The van der Waals surface area contributed by atoms with Gasteiger partial charge in [-0.25, -0.2) is 0 Å². The van der Waals surface area contributed by atoms with E-state index in [9.17, 15) is 4.79 Å². The molecule has 4 N–H and O–H groups in total. The molecule has 0 saturated heterocycles. The zero-order chi connectivity index (χ0) is 11.3. The Morgan fingerprint density at radius 3 is 2.87 bits per heavy atom. The number of nitrogens with one attached hydrogen (secondary N) is 2. The number of likely N-dealkylation sites (N-methyl/N-ethyl adjacent to an activating group) is 1. The number of anilines is 2. The minimum Gasteiger partial charge on any atom is -0.398 e. The maximum absolute atomic E-state index is 10.9. The quantitative estimate of drug-likeness (QED) is 0.617. The molecule has 1 aromatic rings. The van der Waals surface area contributed by atoms with Crippen LogP contribution in [-0.4, -0.2) is 19.5 Å². The zero-order valence-corrected chi connectivity index (χ0v) is 8.37. The van der Waals surface area contributed by atoms with Crippen molar-refractivity contribution < 1.29 is 4.79 Å². The van der Waals surface area contributed by atoms with Gasteiger partial charge < -0.3 is 16.4 Å². The summed E-state index contributed by atoms with van der Waals surface area (Å²) in [4.78, 5) is 10.9. The predicted molar refractivity (Wildman–Crippen MR) is 58.1 cm³/mol. The average molecular weight is 204 g/mol. The zero-order valence-electron chi connectivity index (χ0n) is 8.37. The van der Waals surface area contributed by atoms with Crippen LogP contribution in [0.1, 0.15) is 5.56 Å². The summed E-state index contributed by atoms with van der Waals surface area (Å²) in [5.41, 5.74) is 7.16. The van der Waals surface area contributed by atoms with E-state index in [-0.39, 0.29) is 12.5 Å². The molecule has 0 heterocycles. The molecule has 0 aliphatic carbocycles. The van der Waals surface area contributed by atoms with Gasteiger partial charge in [-0.2, -0.15) is 5.26 Å². The lowest BCUT2D eigenvalue weighted by Crippen LogP contribution is -2.26. The van der Waals surface area contributed by atoms with E-state index in [1.807, 2.05) is 6.07 Å². The molecule has 0 aliphatic heterocycles. The highest BCUT2D eigenvalue weighted by Crippen LogP contribution is 2.16. The van der Waals surface area contributed by atoms with Gasteiger partial charge in [-0.1, -0.05) is 0 Å². The van der Waals surface area contributed by atoms with Crippen molar-refractivity contribution in [1.29, 1.82) is 5.26 Å². The molecule has 0 saturated carbocycles. The molecule has 0 spiro atoms. The third kappa shape index (κ3) is 2.88. The molecular weight excluding hydrogens is 192 g/mol. The Morgan fingerprint density at radius 1 is 1.60 bits per heavy atom. The van der Waals surface area contributed by atoms with E-state index in [4.69, 9.17) is 11.0 Å². The van der Waals surface area contributed by atoms with Crippen molar-refractivity contribution in [3.8, 4) is 6.07 Å². The van der Waals surface area contributed by atoms with E-state index in [0.29, 0.717) is 11.3 Å². The fourth-order valence-electron chi connectivity index (χ4n) is 1.05. The second-order valence-corrected chi connectivity index (χ2v) is 2.94. The van der Waals surface area contributed by atoms with Crippen LogP contribution in [-0.2, 0) is 4.79 Å². The van der Waals surface area contributed by atoms with Crippen molar-refractivity contribution in [2.75, 3.05) is 24.6 Å². The number of carbonyl (C=O) groups excluding carboxylic acids is 1. The van der Waals surface area contributed by atoms with Gasteiger partial charge in [0, 0.05) is 12.7 Å². The van der Waals surface area contributed by atoms with Gasteiger partial charge in [0.2, 0.25) is 5.91 Å². The van der Waals surface area contributed by atoms with Crippen molar-refractivity contribution in [2.45, 2.75) is 0 Å². The van der Waals surface area contributed by atoms with Crippen LogP contribution in [0.2, 0.25) is 0 Å². The van der Waals surface area contributed by atoms with Crippen molar-refractivity contribution in [1.82, 2.24) is 5.32 Å². The van der Waals surface area contributed by atoms with Gasteiger partial charge >= 0.3 is 0 Å².